The van der Waals surface area contributed by atoms with Crippen LogP contribution in [0.25, 0.3) is 0 Å². The Hall–Kier alpha value is -1.34. The zero-order chi connectivity index (χ0) is 17.0. The second kappa shape index (κ2) is 7.97. The number of ether oxygens (including phenoxy) is 1. The standard InChI is InChI=1S/C16H23BrN2O4/c1-11(2)19-9-12(17)8-14(19)16(22)18(6-5-15(20)21)10-13-4-3-7-23-13/h8-9,11,13H,3-7,10H2,1-2H3,(H,20,21)/t13-/m1/s1. The predicted octanol–water partition coefficient (Wildman–Crippen LogP) is 2.93. The van der Waals surface area contributed by atoms with Gasteiger partial charge < -0.3 is 19.3 Å². The molecule has 0 aromatic carbocycles. The summed E-state index contributed by atoms with van der Waals surface area (Å²) < 4.78 is 8.34. The van der Waals surface area contributed by atoms with E-state index in [0.717, 1.165) is 17.3 Å². The van der Waals surface area contributed by atoms with Crippen LogP contribution in [0.1, 0.15) is 49.6 Å². The number of hydrogen-bond acceptors (Lipinski definition) is 3. The van der Waals surface area contributed by atoms with Crippen molar-refractivity contribution >= 4 is 27.8 Å². The molecule has 0 bridgehead atoms. The van der Waals surface area contributed by atoms with E-state index in [9.17, 15) is 9.59 Å². The fourth-order valence-electron chi connectivity index (χ4n) is 2.75. The minimum absolute atomic E-state index is 0.00125. The van der Waals surface area contributed by atoms with Crippen molar-refractivity contribution in [1.82, 2.24) is 9.47 Å². The summed E-state index contributed by atoms with van der Waals surface area (Å²) in [5.74, 6) is -1.06. The Morgan fingerprint density at radius 1 is 1.52 bits per heavy atom. The van der Waals surface area contributed by atoms with E-state index in [4.69, 9.17) is 9.84 Å². The van der Waals surface area contributed by atoms with E-state index in [2.05, 4.69) is 15.9 Å². The fraction of sp³-hybridized carbons (Fsp3) is 0.625. The van der Waals surface area contributed by atoms with Gasteiger partial charge in [0.15, 0.2) is 0 Å². The molecule has 0 radical (unpaired) electrons. The molecule has 1 aromatic rings. The summed E-state index contributed by atoms with van der Waals surface area (Å²) in [7, 11) is 0. The van der Waals surface area contributed by atoms with Gasteiger partial charge in [-0.1, -0.05) is 0 Å². The Morgan fingerprint density at radius 2 is 2.26 bits per heavy atom. The number of carboxylic acid groups (broad SMARTS) is 1. The number of carbonyl (C=O) groups excluding carboxylic acids is 1. The van der Waals surface area contributed by atoms with Gasteiger partial charge in [-0.15, -0.1) is 0 Å². The van der Waals surface area contributed by atoms with Crippen LogP contribution in [0.3, 0.4) is 0 Å². The molecule has 1 aromatic heterocycles. The molecule has 23 heavy (non-hydrogen) atoms. The van der Waals surface area contributed by atoms with Crippen LogP contribution in [0.5, 0.6) is 0 Å². The van der Waals surface area contributed by atoms with Crippen LogP contribution in [0, 0.1) is 0 Å². The first-order valence-corrected chi connectivity index (χ1v) is 8.68. The summed E-state index contributed by atoms with van der Waals surface area (Å²) in [4.78, 5) is 25.4. The van der Waals surface area contributed by atoms with Crippen LogP contribution in [0.4, 0.5) is 0 Å². The van der Waals surface area contributed by atoms with Crippen molar-refractivity contribution in [2.45, 2.75) is 45.3 Å². The number of aromatic nitrogens is 1. The van der Waals surface area contributed by atoms with Crippen LogP contribution in [0.15, 0.2) is 16.7 Å². The van der Waals surface area contributed by atoms with Crippen molar-refractivity contribution in [2.75, 3.05) is 19.7 Å². The molecular weight excluding hydrogens is 364 g/mol. The molecule has 1 amide bonds. The first-order valence-electron chi connectivity index (χ1n) is 7.88. The maximum atomic E-state index is 12.9. The number of carboxylic acids is 1. The van der Waals surface area contributed by atoms with E-state index < -0.39 is 5.97 Å². The lowest BCUT2D eigenvalue weighted by Crippen LogP contribution is -2.39. The van der Waals surface area contributed by atoms with Gasteiger partial charge in [0.25, 0.3) is 5.91 Å². The maximum Gasteiger partial charge on any atom is 0.305 e. The number of amides is 1. The van der Waals surface area contributed by atoms with E-state index in [0.29, 0.717) is 18.8 Å². The number of hydrogen-bond donors (Lipinski definition) is 1. The lowest BCUT2D eigenvalue weighted by molar-refractivity contribution is -0.137. The van der Waals surface area contributed by atoms with Gasteiger partial charge in [-0.25, -0.2) is 0 Å². The van der Waals surface area contributed by atoms with Gasteiger partial charge >= 0.3 is 5.97 Å². The van der Waals surface area contributed by atoms with Crippen molar-refractivity contribution in [2.24, 2.45) is 0 Å². The normalized spacial score (nSPS) is 17.7. The minimum atomic E-state index is -0.907. The van der Waals surface area contributed by atoms with Crippen LogP contribution < -0.4 is 0 Å². The van der Waals surface area contributed by atoms with Crippen LogP contribution >= 0.6 is 15.9 Å². The molecule has 1 N–H and O–H groups in total. The van der Waals surface area contributed by atoms with Crippen molar-refractivity contribution < 1.29 is 19.4 Å². The Bertz CT molecular complexity index is 564. The smallest absolute Gasteiger partial charge is 0.305 e. The molecule has 1 atom stereocenters. The third kappa shape index (κ3) is 4.81. The molecule has 0 saturated carbocycles. The number of aliphatic carboxylic acids is 1. The summed E-state index contributed by atoms with van der Waals surface area (Å²) >= 11 is 3.41. The summed E-state index contributed by atoms with van der Waals surface area (Å²) in [5.41, 5.74) is 0.565. The van der Waals surface area contributed by atoms with E-state index in [1.54, 1.807) is 11.0 Å². The number of halogens is 1. The van der Waals surface area contributed by atoms with Gasteiger partial charge in [0.2, 0.25) is 0 Å². The average Bonchev–Trinajstić information content (AvgIpc) is 3.11. The fourth-order valence-corrected chi connectivity index (χ4v) is 3.18. The molecule has 128 valence electrons. The molecule has 1 fully saturated rings. The molecule has 0 spiro atoms. The third-order valence-electron chi connectivity index (χ3n) is 3.92. The molecule has 1 saturated heterocycles. The summed E-state index contributed by atoms with van der Waals surface area (Å²) in [6.45, 7) is 5.34. The highest BCUT2D eigenvalue weighted by molar-refractivity contribution is 9.10. The monoisotopic (exact) mass is 386 g/mol. The lowest BCUT2D eigenvalue weighted by atomic mass is 10.2. The number of rotatable bonds is 7. The summed E-state index contributed by atoms with van der Waals surface area (Å²) in [6.07, 6.45) is 3.70. The van der Waals surface area contributed by atoms with E-state index in [1.165, 1.54) is 0 Å². The van der Waals surface area contributed by atoms with Crippen molar-refractivity contribution in [1.29, 1.82) is 0 Å². The minimum Gasteiger partial charge on any atom is -0.481 e. The highest BCUT2D eigenvalue weighted by Crippen LogP contribution is 2.22. The molecule has 1 aliphatic heterocycles. The van der Waals surface area contributed by atoms with Gasteiger partial charge in [0.1, 0.15) is 5.69 Å². The predicted molar refractivity (Wildman–Crippen MR) is 89.6 cm³/mol. The van der Waals surface area contributed by atoms with Crippen LogP contribution in [-0.2, 0) is 9.53 Å². The van der Waals surface area contributed by atoms with E-state index in [-0.39, 0.29) is 31.0 Å². The number of nitrogens with zero attached hydrogens (tertiary/aromatic N) is 2. The lowest BCUT2D eigenvalue weighted by Gasteiger charge is -2.26. The first kappa shape index (κ1) is 18.0. The van der Waals surface area contributed by atoms with Crippen LogP contribution in [0.2, 0.25) is 0 Å². The zero-order valence-electron chi connectivity index (χ0n) is 13.5. The molecule has 2 rings (SSSR count). The molecule has 0 unspecified atom stereocenters. The molecular formula is C16H23BrN2O4. The van der Waals surface area contributed by atoms with Crippen molar-refractivity contribution in [3.05, 3.63) is 22.4 Å². The van der Waals surface area contributed by atoms with Gasteiger partial charge in [-0.3, -0.25) is 9.59 Å². The van der Waals surface area contributed by atoms with E-state index >= 15 is 0 Å². The topological polar surface area (TPSA) is 71.8 Å². The molecule has 2 heterocycles. The average molecular weight is 387 g/mol. The van der Waals surface area contributed by atoms with Gasteiger partial charge in [0, 0.05) is 36.4 Å². The van der Waals surface area contributed by atoms with Crippen molar-refractivity contribution in [3.8, 4) is 0 Å². The second-order valence-electron chi connectivity index (χ2n) is 6.07. The number of carbonyl (C=O) groups is 2. The van der Waals surface area contributed by atoms with Gasteiger partial charge in [-0.05, 0) is 48.7 Å². The SMILES string of the molecule is CC(C)n1cc(Br)cc1C(=O)N(CCC(=O)O)C[C@H]1CCCO1. The Kier molecular flexibility index (Phi) is 6.24. The van der Waals surface area contributed by atoms with Crippen LogP contribution in [-0.4, -0.2) is 52.3 Å². The Labute approximate surface area is 144 Å². The molecule has 7 heteroatoms. The quantitative estimate of drug-likeness (QED) is 0.781. The maximum absolute atomic E-state index is 12.9. The molecule has 1 aliphatic rings. The van der Waals surface area contributed by atoms with E-state index in [1.807, 2.05) is 24.6 Å². The Balaban J connectivity index is 2.18. The largest absolute Gasteiger partial charge is 0.481 e. The third-order valence-corrected chi connectivity index (χ3v) is 4.36. The Morgan fingerprint density at radius 3 is 2.83 bits per heavy atom. The zero-order valence-corrected chi connectivity index (χ0v) is 15.1. The summed E-state index contributed by atoms with van der Waals surface area (Å²) in [5, 5.41) is 8.94. The molecule has 6 nitrogen and oxygen atoms in total. The van der Waals surface area contributed by atoms with Gasteiger partial charge in [0.05, 0.1) is 12.5 Å². The highest BCUT2D eigenvalue weighted by Gasteiger charge is 2.26. The summed E-state index contributed by atoms with van der Waals surface area (Å²) in [6, 6.07) is 1.93. The second-order valence-corrected chi connectivity index (χ2v) is 6.99. The van der Waals surface area contributed by atoms with Gasteiger partial charge in [-0.2, -0.15) is 0 Å². The molecule has 0 aliphatic carbocycles. The highest BCUT2D eigenvalue weighted by atomic mass is 79.9. The first-order chi connectivity index (χ1) is 10.9. The van der Waals surface area contributed by atoms with Crippen molar-refractivity contribution in [3.63, 3.8) is 0 Å².